The zero-order chi connectivity index (χ0) is 22.7. The normalized spacial score (nSPS) is 12.8. The molecule has 8 nitrogen and oxygen atoms in total. The fourth-order valence-corrected chi connectivity index (χ4v) is 4.00. The molecule has 0 saturated carbocycles. The first-order valence-electron chi connectivity index (χ1n) is 10.0. The standard InChI is InChI=1S/C23H24N2O6S/c1-32(28,29)25-19-12-15(6-9-20(19)26)21(27)14-24-10-11-30-16-7-8-18-17-4-2-3-5-22(17)31-23(18)13-16/h2-9,12-13,21,24-27H,10-11,14H2,1H3/t21-/m0/s1. The Morgan fingerprint density at radius 3 is 2.62 bits per heavy atom. The van der Waals surface area contributed by atoms with Gasteiger partial charge in [0.2, 0.25) is 10.0 Å². The van der Waals surface area contributed by atoms with Crippen molar-refractivity contribution in [2.45, 2.75) is 6.10 Å². The van der Waals surface area contributed by atoms with Crippen LogP contribution < -0.4 is 14.8 Å². The Bertz CT molecular complexity index is 1350. The number of furan rings is 1. The number of fused-ring (bicyclic) bond motifs is 3. The molecule has 0 amide bonds. The first kappa shape index (κ1) is 21.9. The molecule has 1 atom stereocenters. The molecular weight excluding hydrogens is 432 g/mol. The first-order valence-corrected chi connectivity index (χ1v) is 11.9. The Morgan fingerprint density at radius 1 is 1.03 bits per heavy atom. The summed E-state index contributed by atoms with van der Waals surface area (Å²) in [4.78, 5) is 0. The van der Waals surface area contributed by atoms with Crippen molar-refractivity contribution in [3.8, 4) is 11.5 Å². The quantitative estimate of drug-likeness (QED) is 0.225. The van der Waals surface area contributed by atoms with E-state index in [4.69, 9.17) is 9.15 Å². The number of anilines is 1. The van der Waals surface area contributed by atoms with Crippen molar-refractivity contribution in [1.82, 2.24) is 5.32 Å². The summed E-state index contributed by atoms with van der Waals surface area (Å²) in [5.41, 5.74) is 2.09. The smallest absolute Gasteiger partial charge is 0.229 e. The molecule has 0 aliphatic heterocycles. The van der Waals surface area contributed by atoms with Crippen molar-refractivity contribution >= 4 is 37.6 Å². The molecule has 1 heterocycles. The van der Waals surface area contributed by atoms with E-state index in [0.717, 1.165) is 28.2 Å². The lowest BCUT2D eigenvalue weighted by atomic mass is 10.1. The second kappa shape index (κ2) is 9.07. The Morgan fingerprint density at radius 2 is 1.81 bits per heavy atom. The molecule has 0 radical (unpaired) electrons. The first-order chi connectivity index (χ1) is 15.3. The maximum Gasteiger partial charge on any atom is 0.229 e. The van der Waals surface area contributed by atoms with Gasteiger partial charge in [0.05, 0.1) is 18.0 Å². The highest BCUT2D eigenvalue weighted by Gasteiger charge is 2.13. The van der Waals surface area contributed by atoms with Crippen LogP contribution >= 0.6 is 0 Å². The van der Waals surface area contributed by atoms with E-state index in [9.17, 15) is 18.6 Å². The number of benzene rings is 3. The van der Waals surface area contributed by atoms with Crippen LogP contribution in [-0.2, 0) is 10.0 Å². The molecule has 0 aliphatic rings. The lowest BCUT2D eigenvalue weighted by Gasteiger charge is -2.15. The van der Waals surface area contributed by atoms with Crippen LogP contribution in [0.4, 0.5) is 5.69 Å². The monoisotopic (exact) mass is 456 g/mol. The minimum atomic E-state index is -3.54. The number of phenols is 1. The lowest BCUT2D eigenvalue weighted by Crippen LogP contribution is -2.26. The molecule has 9 heteroatoms. The summed E-state index contributed by atoms with van der Waals surface area (Å²) >= 11 is 0. The fraction of sp³-hybridized carbons (Fsp3) is 0.217. The molecule has 0 fully saturated rings. The third-order valence-electron chi connectivity index (χ3n) is 4.94. The molecule has 4 aromatic rings. The van der Waals surface area contributed by atoms with E-state index in [2.05, 4.69) is 10.0 Å². The maximum atomic E-state index is 11.4. The number of hydrogen-bond donors (Lipinski definition) is 4. The number of sulfonamides is 1. The van der Waals surface area contributed by atoms with Gasteiger partial charge in [0.15, 0.2) is 0 Å². The number of phenolic OH excluding ortho intramolecular Hbond substituents is 1. The average molecular weight is 457 g/mol. The third-order valence-corrected chi connectivity index (χ3v) is 5.53. The third kappa shape index (κ3) is 5.13. The zero-order valence-electron chi connectivity index (χ0n) is 17.4. The molecule has 0 aliphatic carbocycles. The van der Waals surface area contributed by atoms with Gasteiger partial charge in [0.25, 0.3) is 0 Å². The van der Waals surface area contributed by atoms with Crippen molar-refractivity contribution in [1.29, 1.82) is 0 Å². The van der Waals surface area contributed by atoms with Gasteiger partial charge in [-0.15, -0.1) is 0 Å². The van der Waals surface area contributed by atoms with E-state index in [1.54, 1.807) is 0 Å². The van der Waals surface area contributed by atoms with Gasteiger partial charge < -0.3 is 24.7 Å². The van der Waals surface area contributed by atoms with E-state index in [0.29, 0.717) is 24.5 Å². The highest BCUT2D eigenvalue weighted by molar-refractivity contribution is 7.92. The number of nitrogens with one attached hydrogen (secondary N) is 2. The van der Waals surface area contributed by atoms with E-state index in [1.165, 1.54) is 18.2 Å². The lowest BCUT2D eigenvalue weighted by molar-refractivity contribution is 0.172. The van der Waals surface area contributed by atoms with Crippen LogP contribution in [0, 0.1) is 0 Å². The van der Waals surface area contributed by atoms with Crippen molar-refractivity contribution in [2.24, 2.45) is 0 Å². The number of ether oxygens (including phenoxy) is 1. The summed E-state index contributed by atoms with van der Waals surface area (Å²) in [6.07, 6.45) is 0.103. The van der Waals surface area contributed by atoms with Crippen molar-refractivity contribution in [2.75, 3.05) is 30.7 Å². The minimum absolute atomic E-state index is 0.0216. The van der Waals surface area contributed by atoms with Gasteiger partial charge in [-0.2, -0.15) is 0 Å². The summed E-state index contributed by atoms with van der Waals surface area (Å²) in [5, 5.41) is 25.4. The number of rotatable bonds is 9. The molecule has 32 heavy (non-hydrogen) atoms. The Kier molecular flexibility index (Phi) is 6.22. The van der Waals surface area contributed by atoms with Crippen molar-refractivity contribution < 1.29 is 27.8 Å². The van der Waals surface area contributed by atoms with Crippen molar-refractivity contribution in [3.63, 3.8) is 0 Å². The highest BCUT2D eigenvalue weighted by atomic mass is 32.2. The largest absolute Gasteiger partial charge is 0.506 e. The number of hydrogen-bond acceptors (Lipinski definition) is 7. The topological polar surface area (TPSA) is 121 Å². The highest BCUT2D eigenvalue weighted by Crippen LogP contribution is 2.31. The average Bonchev–Trinajstić information content (AvgIpc) is 3.11. The Hall–Kier alpha value is -3.27. The predicted octanol–water partition coefficient (Wildman–Crippen LogP) is 3.37. The van der Waals surface area contributed by atoms with Gasteiger partial charge in [0.1, 0.15) is 29.3 Å². The Labute approximate surface area is 185 Å². The number of para-hydroxylation sites is 1. The van der Waals surface area contributed by atoms with Crippen LogP contribution in [0.2, 0.25) is 0 Å². The molecule has 0 bridgehead atoms. The fourth-order valence-electron chi connectivity index (χ4n) is 3.44. The van der Waals surface area contributed by atoms with Crippen LogP contribution in [0.15, 0.2) is 65.1 Å². The van der Waals surface area contributed by atoms with Crippen LogP contribution in [-0.4, -0.2) is 44.6 Å². The summed E-state index contributed by atoms with van der Waals surface area (Å²) < 4.78 is 36.6. The summed E-state index contributed by atoms with van der Waals surface area (Å²) in [6, 6.07) is 17.9. The van der Waals surface area contributed by atoms with E-state index < -0.39 is 16.1 Å². The summed E-state index contributed by atoms with van der Waals surface area (Å²) in [6.45, 7) is 1.10. The number of aromatic hydroxyl groups is 1. The molecule has 0 unspecified atom stereocenters. The zero-order valence-corrected chi connectivity index (χ0v) is 18.2. The van der Waals surface area contributed by atoms with Crippen molar-refractivity contribution in [3.05, 3.63) is 66.2 Å². The summed E-state index contributed by atoms with van der Waals surface area (Å²) in [7, 11) is -3.54. The van der Waals surface area contributed by atoms with E-state index in [-0.39, 0.29) is 18.0 Å². The molecule has 4 rings (SSSR count). The number of aliphatic hydroxyl groups excluding tert-OH is 1. The maximum absolute atomic E-state index is 11.4. The van der Waals surface area contributed by atoms with Gasteiger partial charge in [-0.05, 0) is 35.9 Å². The van der Waals surface area contributed by atoms with Gasteiger partial charge in [0, 0.05) is 29.9 Å². The Balaban J connectivity index is 1.29. The second-order valence-corrected chi connectivity index (χ2v) is 9.22. The van der Waals surface area contributed by atoms with Gasteiger partial charge in [-0.25, -0.2) is 8.42 Å². The van der Waals surface area contributed by atoms with Gasteiger partial charge in [-0.1, -0.05) is 24.3 Å². The van der Waals surface area contributed by atoms with Gasteiger partial charge in [-0.3, -0.25) is 4.72 Å². The van der Waals surface area contributed by atoms with Crippen LogP contribution in [0.3, 0.4) is 0 Å². The molecule has 4 N–H and O–H groups in total. The summed E-state index contributed by atoms with van der Waals surface area (Å²) in [5.74, 6) is 0.475. The van der Waals surface area contributed by atoms with Gasteiger partial charge >= 0.3 is 0 Å². The molecule has 0 spiro atoms. The molecule has 1 aromatic heterocycles. The number of aliphatic hydroxyl groups is 1. The molecule has 3 aromatic carbocycles. The predicted molar refractivity (Wildman–Crippen MR) is 124 cm³/mol. The van der Waals surface area contributed by atoms with E-state index >= 15 is 0 Å². The molecule has 168 valence electrons. The van der Waals surface area contributed by atoms with Crippen LogP contribution in [0.25, 0.3) is 21.9 Å². The van der Waals surface area contributed by atoms with Crippen LogP contribution in [0.5, 0.6) is 11.5 Å². The molecular formula is C23H24N2O6S. The minimum Gasteiger partial charge on any atom is -0.506 e. The molecule has 0 saturated heterocycles. The SMILES string of the molecule is CS(=O)(=O)Nc1cc([C@@H](O)CNCCOc2ccc3c(c2)oc2ccccc23)ccc1O. The van der Waals surface area contributed by atoms with Crippen LogP contribution in [0.1, 0.15) is 11.7 Å². The second-order valence-electron chi connectivity index (χ2n) is 7.48. The van der Waals surface area contributed by atoms with E-state index in [1.807, 2.05) is 42.5 Å².